The Morgan fingerprint density at radius 1 is 0.923 bits per heavy atom. The molecule has 0 amide bonds. The number of carbonyl (C=O) groups is 2. The standard InChI is InChI=1S/C19H17F3O4/c1-2-12-25-17(23)14-8-10-15(11-9-14)18(24)26-16(19(20,21)22)13-6-4-3-5-7-13/h3-11,16H,2,12H2,1H3. The summed E-state index contributed by atoms with van der Waals surface area (Å²) in [6, 6.07) is 12.0. The van der Waals surface area contributed by atoms with Gasteiger partial charge in [0, 0.05) is 5.56 Å². The second-order valence-corrected chi connectivity index (χ2v) is 5.45. The van der Waals surface area contributed by atoms with Gasteiger partial charge in [-0.05, 0) is 30.7 Å². The van der Waals surface area contributed by atoms with E-state index in [2.05, 4.69) is 4.74 Å². The van der Waals surface area contributed by atoms with E-state index >= 15 is 0 Å². The Bertz CT molecular complexity index is 740. The molecule has 0 aliphatic carbocycles. The van der Waals surface area contributed by atoms with Gasteiger partial charge in [0.15, 0.2) is 0 Å². The average molecular weight is 366 g/mol. The van der Waals surface area contributed by atoms with Gasteiger partial charge in [-0.3, -0.25) is 0 Å². The molecule has 0 aliphatic rings. The minimum atomic E-state index is -4.75. The summed E-state index contributed by atoms with van der Waals surface area (Å²) in [4.78, 5) is 23.8. The molecular formula is C19H17F3O4. The van der Waals surface area contributed by atoms with Crippen LogP contribution in [0, 0.1) is 0 Å². The van der Waals surface area contributed by atoms with Crippen molar-refractivity contribution >= 4 is 11.9 Å². The van der Waals surface area contributed by atoms with Crippen molar-refractivity contribution in [1.29, 1.82) is 0 Å². The number of rotatable bonds is 6. The number of hydrogen-bond donors (Lipinski definition) is 0. The Labute approximate surface area is 148 Å². The van der Waals surface area contributed by atoms with Crippen LogP contribution < -0.4 is 0 Å². The molecule has 2 aromatic rings. The zero-order chi connectivity index (χ0) is 19.2. The van der Waals surface area contributed by atoms with E-state index in [4.69, 9.17) is 4.74 Å². The van der Waals surface area contributed by atoms with Crippen LogP contribution in [-0.2, 0) is 9.47 Å². The fourth-order valence-electron chi connectivity index (χ4n) is 2.15. The number of benzene rings is 2. The smallest absolute Gasteiger partial charge is 0.429 e. The van der Waals surface area contributed by atoms with Crippen molar-refractivity contribution in [3.8, 4) is 0 Å². The lowest BCUT2D eigenvalue weighted by Crippen LogP contribution is -2.26. The molecule has 0 radical (unpaired) electrons. The molecule has 0 aliphatic heterocycles. The fraction of sp³-hybridized carbons (Fsp3) is 0.263. The summed E-state index contributed by atoms with van der Waals surface area (Å²) >= 11 is 0. The van der Waals surface area contributed by atoms with Gasteiger partial charge in [-0.1, -0.05) is 37.3 Å². The molecule has 0 heterocycles. The van der Waals surface area contributed by atoms with Crippen molar-refractivity contribution < 1.29 is 32.2 Å². The molecule has 0 saturated carbocycles. The van der Waals surface area contributed by atoms with Crippen LogP contribution in [0.3, 0.4) is 0 Å². The van der Waals surface area contributed by atoms with Crippen LogP contribution in [0.25, 0.3) is 0 Å². The maximum absolute atomic E-state index is 13.2. The van der Waals surface area contributed by atoms with Crippen molar-refractivity contribution in [3.05, 3.63) is 71.3 Å². The van der Waals surface area contributed by atoms with E-state index < -0.39 is 24.2 Å². The minimum Gasteiger partial charge on any atom is -0.462 e. The molecule has 0 spiro atoms. The topological polar surface area (TPSA) is 52.6 Å². The third-order valence-corrected chi connectivity index (χ3v) is 3.42. The first-order valence-corrected chi connectivity index (χ1v) is 7.92. The van der Waals surface area contributed by atoms with E-state index in [1.165, 1.54) is 48.5 Å². The molecule has 0 fully saturated rings. The molecule has 4 nitrogen and oxygen atoms in total. The van der Waals surface area contributed by atoms with Gasteiger partial charge in [-0.25, -0.2) is 9.59 Å². The first-order chi connectivity index (χ1) is 12.3. The van der Waals surface area contributed by atoms with Crippen molar-refractivity contribution in [2.24, 2.45) is 0 Å². The first kappa shape index (κ1) is 19.5. The summed E-state index contributed by atoms with van der Waals surface area (Å²) in [5.74, 6) is -1.70. The predicted octanol–water partition coefficient (Wildman–Crippen LogP) is 4.71. The van der Waals surface area contributed by atoms with Gasteiger partial charge in [-0.2, -0.15) is 13.2 Å². The summed E-state index contributed by atoms with van der Waals surface area (Å²) in [6.45, 7) is 2.10. The van der Waals surface area contributed by atoms with Gasteiger partial charge < -0.3 is 9.47 Å². The summed E-state index contributed by atoms with van der Waals surface area (Å²) in [7, 11) is 0. The molecule has 26 heavy (non-hydrogen) atoms. The van der Waals surface area contributed by atoms with E-state index in [1.807, 2.05) is 6.92 Å². The fourth-order valence-corrected chi connectivity index (χ4v) is 2.15. The number of ether oxygens (including phenoxy) is 2. The molecule has 138 valence electrons. The highest BCUT2D eigenvalue weighted by Gasteiger charge is 2.44. The summed E-state index contributed by atoms with van der Waals surface area (Å²) < 4.78 is 49.3. The van der Waals surface area contributed by atoms with Gasteiger partial charge in [0.25, 0.3) is 0 Å². The maximum atomic E-state index is 13.2. The van der Waals surface area contributed by atoms with Crippen LogP contribution in [0.15, 0.2) is 54.6 Å². The monoisotopic (exact) mass is 366 g/mol. The van der Waals surface area contributed by atoms with E-state index in [0.29, 0.717) is 6.42 Å². The summed E-state index contributed by atoms with van der Waals surface area (Å²) in [5.41, 5.74) is -0.0687. The quantitative estimate of drug-likeness (QED) is 0.695. The molecule has 0 aromatic heterocycles. The van der Waals surface area contributed by atoms with Gasteiger partial charge in [0.05, 0.1) is 17.7 Å². The Morgan fingerprint density at radius 2 is 1.46 bits per heavy atom. The molecule has 1 atom stereocenters. The number of carbonyl (C=O) groups excluding carboxylic acids is 2. The van der Waals surface area contributed by atoms with Crippen molar-refractivity contribution in [2.45, 2.75) is 25.6 Å². The third-order valence-electron chi connectivity index (χ3n) is 3.42. The van der Waals surface area contributed by atoms with Crippen LogP contribution in [0.4, 0.5) is 13.2 Å². The number of esters is 2. The molecule has 1 unspecified atom stereocenters. The lowest BCUT2D eigenvalue weighted by atomic mass is 10.1. The SMILES string of the molecule is CCCOC(=O)c1ccc(C(=O)OC(c2ccccc2)C(F)(F)F)cc1. The zero-order valence-electron chi connectivity index (χ0n) is 14.0. The zero-order valence-corrected chi connectivity index (χ0v) is 14.0. The Morgan fingerprint density at radius 3 is 1.96 bits per heavy atom. The molecule has 2 aromatic carbocycles. The highest BCUT2D eigenvalue weighted by Crippen LogP contribution is 2.36. The summed E-state index contributed by atoms with van der Waals surface area (Å²) in [6.07, 6.45) is -6.46. The van der Waals surface area contributed by atoms with E-state index in [-0.39, 0.29) is 23.3 Å². The number of halogens is 3. The van der Waals surface area contributed by atoms with E-state index in [1.54, 1.807) is 6.07 Å². The third kappa shape index (κ3) is 5.08. The van der Waals surface area contributed by atoms with Crippen LogP contribution in [0.5, 0.6) is 0 Å². The molecular weight excluding hydrogens is 349 g/mol. The van der Waals surface area contributed by atoms with Crippen LogP contribution in [-0.4, -0.2) is 24.7 Å². The van der Waals surface area contributed by atoms with Crippen LogP contribution in [0.2, 0.25) is 0 Å². The lowest BCUT2D eigenvalue weighted by Gasteiger charge is -2.21. The summed E-state index contributed by atoms with van der Waals surface area (Å²) in [5, 5.41) is 0. The van der Waals surface area contributed by atoms with Gasteiger partial charge in [-0.15, -0.1) is 0 Å². The Kier molecular flexibility index (Phi) is 6.38. The minimum absolute atomic E-state index is 0.0952. The van der Waals surface area contributed by atoms with Gasteiger partial charge in [0.2, 0.25) is 6.10 Å². The second-order valence-electron chi connectivity index (χ2n) is 5.45. The molecule has 7 heteroatoms. The largest absolute Gasteiger partial charge is 0.462 e. The van der Waals surface area contributed by atoms with Crippen molar-refractivity contribution in [2.75, 3.05) is 6.61 Å². The lowest BCUT2D eigenvalue weighted by molar-refractivity contribution is -0.207. The Balaban J connectivity index is 2.13. The van der Waals surface area contributed by atoms with Crippen molar-refractivity contribution in [3.63, 3.8) is 0 Å². The van der Waals surface area contributed by atoms with Gasteiger partial charge >= 0.3 is 18.1 Å². The highest BCUT2D eigenvalue weighted by molar-refractivity contribution is 5.93. The van der Waals surface area contributed by atoms with Crippen molar-refractivity contribution in [1.82, 2.24) is 0 Å². The molecule has 0 saturated heterocycles. The number of alkyl halides is 3. The average Bonchev–Trinajstić information content (AvgIpc) is 2.63. The maximum Gasteiger partial charge on any atom is 0.429 e. The molecule has 0 N–H and O–H groups in total. The first-order valence-electron chi connectivity index (χ1n) is 7.92. The van der Waals surface area contributed by atoms with E-state index in [0.717, 1.165) is 0 Å². The van der Waals surface area contributed by atoms with Gasteiger partial charge in [0.1, 0.15) is 0 Å². The second kappa shape index (κ2) is 8.51. The Hall–Kier alpha value is -2.83. The van der Waals surface area contributed by atoms with Crippen LogP contribution in [0.1, 0.15) is 45.7 Å². The number of hydrogen-bond acceptors (Lipinski definition) is 4. The molecule has 2 rings (SSSR count). The molecule has 0 bridgehead atoms. The van der Waals surface area contributed by atoms with E-state index in [9.17, 15) is 22.8 Å². The predicted molar refractivity (Wildman–Crippen MR) is 87.7 cm³/mol. The highest BCUT2D eigenvalue weighted by atomic mass is 19.4. The normalized spacial score (nSPS) is 12.3. The van der Waals surface area contributed by atoms with Crippen LogP contribution >= 0.6 is 0 Å².